The predicted molar refractivity (Wildman–Crippen MR) is 151 cm³/mol. The number of hydrogen-bond donors (Lipinski definition) is 1. The summed E-state index contributed by atoms with van der Waals surface area (Å²) in [5.74, 6) is -0.209. The van der Waals surface area contributed by atoms with Crippen molar-refractivity contribution in [1.29, 1.82) is 0 Å². The van der Waals surface area contributed by atoms with Gasteiger partial charge in [-0.1, -0.05) is 36.4 Å². The van der Waals surface area contributed by atoms with Crippen molar-refractivity contribution < 1.29 is 22.6 Å². The first kappa shape index (κ1) is 26.9. The zero-order chi connectivity index (χ0) is 27.5. The molecule has 3 aromatic carbocycles. The molecule has 1 saturated heterocycles. The Morgan fingerprint density at radius 3 is 2.67 bits per heavy atom. The summed E-state index contributed by atoms with van der Waals surface area (Å²) in [7, 11) is -3.98. The maximum Gasteiger partial charge on any atom is 0.265 e. The Kier molecular flexibility index (Phi) is 7.69. The van der Waals surface area contributed by atoms with E-state index in [0.29, 0.717) is 36.6 Å². The molecule has 1 aliphatic rings. The van der Waals surface area contributed by atoms with Gasteiger partial charge in [-0.3, -0.25) is 4.31 Å². The van der Waals surface area contributed by atoms with Gasteiger partial charge in [-0.05, 0) is 56.0 Å². The van der Waals surface area contributed by atoms with Gasteiger partial charge in [-0.15, -0.1) is 0 Å². The largest absolute Gasteiger partial charge is 0.492 e. The molecular weight excluding hydrogens is 516 g/mol. The van der Waals surface area contributed by atoms with E-state index >= 15 is 0 Å². The predicted octanol–water partition coefficient (Wildman–Crippen LogP) is 4.78. The minimum atomic E-state index is -3.98. The van der Waals surface area contributed by atoms with E-state index in [2.05, 4.69) is 15.5 Å². The van der Waals surface area contributed by atoms with Gasteiger partial charge in [0.05, 0.1) is 41.8 Å². The van der Waals surface area contributed by atoms with Crippen molar-refractivity contribution in [2.75, 3.05) is 35.9 Å². The molecule has 0 amide bonds. The number of hydrogen-bond acceptors (Lipinski definition) is 8. The standard InChI is InChI=1S/C29H32N4O5S/c1-21-15-24(17-25(16-21)36-14-13-30-23-11-12-31-32-18-23)33(19-26-20-37-29(2,3)38-26)39(34,35)28-10-6-8-22-7-4-5-9-27(22)28/h4-12,15-18,26H,13-14,19-20H2,1-3H3,(H,30,31). The highest BCUT2D eigenvalue weighted by Crippen LogP contribution is 2.34. The van der Waals surface area contributed by atoms with Gasteiger partial charge in [0.2, 0.25) is 0 Å². The van der Waals surface area contributed by atoms with E-state index in [-0.39, 0.29) is 11.4 Å². The Bertz CT molecular complexity index is 1540. The summed E-state index contributed by atoms with van der Waals surface area (Å²) < 4.78 is 47.8. The molecule has 39 heavy (non-hydrogen) atoms. The number of anilines is 2. The van der Waals surface area contributed by atoms with Gasteiger partial charge < -0.3 is 19.5 Å². The van der Waals surface area contributed by atoms with E-state index in [1.807, 2.05) is 69.3 Å². The molecule has 4 aromatic rings. The summed E-state index contributed by atoms with van der Waals surface area (Å²) in [5.41, 5.74) is 2.21. The number of nitrogens with one attached hydrogen (secondary N) is 1. The number of ether oxygens (including phenoxy) is 3. The molecule has 1 aromatic heterocycles. The molecule has 5 rings (SSSR count). The molecule has 2 heterocycles. The second kappa shape index (κ2) is 11.2. The fourth-order valence-corrected chi connectivity index (χ4v) is 6.33. The van der Waals surface area contributed by atoms with Crippen LogP contribution in [0.3, 0.4) is 0 Å². The third-order valence-corrected chi connectivity index (χ3v) is 8.21. The SMILES string of the molecule is Cc1cc(OCCNc2ccnnc2)cc(N(CC2COC(C)(C)O2)S(=O)(=O)c2cccc3ccccc23)c1. The van der Waals surface area contributed by atoms with Crippen LogP contribution in [0.4, 0.5) is 11.4 Å². The van der Waals surface area contributed by atoms with Crippen LogP contribution in [0.2, 0.25) is 0 Å². The summed E-state index contributed by atoms with van der Waals surface area (Å²) >= 11 is 0. The van der Waals surface area contributed by atoms with Crippen molar-refractivity contribution in [3.8, 4) is 5.75 Å². The number of fused-ring (bicyclic) bond motifs is 1. The van der Waals surface area contributed by atoms with Crippen molar-refractivity contribution in [3.05, 3.63) is 84.7 Å². The highest BCUT2D eigenvalue weighted by Gasteiger charge is 2.37. The number of sulfonamides is 1. The molecule has 1 fully saturated rings. The summed E-state index contributed by atoms with van der Waals surface area (Å²) in [4.78, 5) is 0.234. The van der Waals surface area contributed by atoms with E-state index in [1.54, 1.807) is 30.6 Å². The molecule has 1 N–H and O–H groups in total. The molecule has 0 aliphatic carbocycles. The average molecular weight is 549 g/mol. The number of nitrogens with zero attached hydrogens (tertiary/aromatic N) is 3. The minimum Gasteiger partial charge on any atom is -0.492 e. The van der Waals surface area contributed by atoms with Crippen LogP contribution in [0.25, 0.3) is 10.8 Å². The van der Waals surface area contributed by atoms with Gasteiger partial charge in [0.25, 0.3) is 10.0 Å². The number of aryl methyl sites for hydroxylation is 1. The van der Waals surface area contributed by atoms with Crippen LogP contribution in [0.1, 0.15) is 19.4 Å². The van der Waals surface area contributed by atoms with Crippen LogP contribution in [-0.4, -0.2) is 56.8 Å². The topological polar surface area (TPSA) is 103 Å². The highest BCUT2D eigenvalue weighted by atomic mass is 32.2. The Hall–Kier alpha value is -3.73. The summed E-state index contributed by atoms with van der Waals surface area (Å²) in [6.07, 6.45) is 2.81. The van der Waals surface area contributed by atoms with Gasteiger partial charge in [-0.25, -0.2) is 8.42 Å². The van der Waals surface area contributed by atoms with Crippen molar-refractivity contribution >= 4 is 32.2 Å². The first-order valence-electron chi connectivity index (χ1n) is 12.8. The molecule has 0 saturated carbocycles. The average Bonchev–Trinajstić information content (AvgIpc) is 3.27. The first-order chi connectivity index (χ1) is 18.7. The Morgan fingerprint density at radius 2 is 1.90 bits per heavy atom. The Balaban J connectivity index is 1.45. The molecular formula is C29H32N4O5S. The Morgan fingerprint density at radius 1 is 1.08 bits per heavy atom. The van der Waals surface area contributed by atoms with Crippen LogP contribution in [0, 0.1) is 6.92 Å². The molecule has 204 valence electrons. The van der Waals surface area contributed by atoms with Crippen molar-refractivity contribution in [1.82, 2.24) is 10.2 Å². The van der Waals surface area contributed by atoms with Gasteiger partial charge in [0, 0.05) is 18.0 Å². The van der Waals surface area contributed by atoms with Gasteiger partial charge in [0.15, 0.2) is 5.79 Å². The number of benzene rings is 3. The summed E-state index contributed by atoms with van der Waals surface area (Å²) in [6, 6.07) is 20.1. The van der Waals surface area contributed by atoms with E-state index in [9.17, 15) is 8.42 Å². The third-order valence-electron chi connectivity index (χ3n) is 6.36. The van der Waals surface area contributed by atoms with Gasteiger partial charge in [-0.2, -0.15) is 10.2 Å². The maximum absolute atomic E-state index is 14.3. The Labute approximate surface area is 228 Å². The number of aromatic nitrogens is 2. The van der Waals surface area contributed by atoms with Gasteiger partial charge >= 0.3 is 0 Å². The van der Waals surface area contributed by atoms with E-state index in [1.165, 1.54) is 4.31 Å². The second-order valence-electron chi connectivity index (χ2n) is 9.87. The molecule has 0 spiro atoms. The molecule has 10 heteroatoms. The lowest BCUT2D eigenvalue weighted by molar-refractivity contribution is -0.136. The molecule has 1 unspecified atom stereocenters. The molecule has 0 radical (unpaired) electrons. The monoisotopic (exact) mass is 548 g/mol. The summed E-state index contributed by atoms with van der Waals surface area (Å²) in [5, 5.41) is 12.4. The third kappa shape index (κ3) is 6.30. The lowest BCUT2D eigenvalue weighted by atomic mass is 10.1. The quantitative estimate of drug-likeness (QED) is 0.283. The van der Waals surface area contributed by atoms with Crippen molar-refractivity contribution in [2.24, 2.45) is 0 Å². The lowest BCUT2D eigenvalue weighted by Crippen LogP contribution is -2.39. The van der Waals surface area contributed by atoms with E-state index < -0.39 is 21.9 Å². The normalized spacial score (nSPS) is 16.7. The summed E-state index contributed by atoms with van der Waals surface area (Å²) in [6.45, 7) is 6.85. The van der Waals surface area contributed by atoms with Crippen LogP contribution in [0.15, 0.2) is 84.0 Å². The smallest absolute Gasteiger partial charge is 0.265 e. The van der Waals surface area contributed by atoms with Crippen LogP contribution in [0.5, 0.6) is 5.75 Å². The minimum absolute atomic E-state index is 0.0917. The molecule has 9 nitrogen and oxygen atoms in total. The maximum atomic E-state index is 14.3. The van der Waals surface area contributed by atoms with Crippen LogP contribution >= 0.6 is 0 Å². The molecule has 0 bridgehead atoms. The fraction of sp³-hybridized carbons (Fsp3) is 0.310. The zero-order valence-electron chi connectivity index (χ0n) is 22.2. The second-order valence-corrected chi connectivity index (χ2v) is 11.7. The van der Waals surface area contributed by atoms with Gasteiger partial charge in [0.1, 0.15) is 18.5 Å². The first-order valence-corrected chi connectivity index (χ1v) is 14.2. The molecule has 1 atom stereocenters. The molecule has 1 aliphatic heterocycles. The van der Waals surface area contributed by atoms with Crippen LogP contribution < -0.4 is 14.4 Å². The van der Waals surface area contributed by atoms with Crippen LogP contribution in [-0.2, 0) is 19.5 Å². The fourth-order valence-electron chi connectivity index (χ4n) is 4.63. The van der Waals surface area contributed by atoms with Crippen molar-refractivity contribution in [3.63, 3.8) is 0 Å². The zero-order valence-corrected chi connectivity index (χ0v) is 23.0. The highest BCUT2D eigenvalue weighted by molar-refractivity contribution is 7.93. The van der Waals surface area contributed by atoms with E-state index in [4.69, 9.17) is 14.2 Å². The number of rotatable bonds is 10. The van der Waals surface area contributed by atoms with Crippen molar-refractivity contribution in [2.45, 2.75) is 37.6 Å². The lowest BCUT2D eigenvalue weighted by Gasteiger charge is -2.28. The van der Waals surface area contributed by atoms with E-state index in [0.717, 1.165) is 16.6 Å².